The second-order valence-electron chi connectivity index (χ2n) is 2.81. The Morgan fingerprint density at radius 1 is 1.41 bits per heavy atom. The summed E-state index contributed by atoms with van der Waals surface area (Å²) in [6, 6.07) is 0.731. The summed E-state index contributed by atoms with van der Waals surface area (Å²) in [4.78, 5) is 3.51. The van der Waals surface area contributed by atoms with Gasteiger partial charge in [0.1, 0.15) is 9.45 Å². The van der Waals surface area contributed by atoms with Crippen molar-refractivity contribution in [1.82, 2.24) is 4.98 Å². The first kappa shape index (κ1) is 14.4. The molecule has 0 saturated heterocycles. The molecule has 1 heterocycles. The third kappa shape index (κ3) is 3.91. The van der Waals surface area contributed by atoms with Gasteiger partial charge in [0, 0.05) is 6.07 Å². The van der Waals surface area contributed by atoms with Gasteiger partial charge >= 0.3 is 6.36 Å². The van der Waals surface area contributed by atoms with E-state index < -0.39 is 36.4 Å². The van der Waals surface area contributed by atoms with E-state index in [2.05, 4.69) is 9.72 Å². The Balaban J connectivity index is 3.30. The molecule has 9 heteroatoms. The van der Waals surface area contributed by atoms with Crippen LogP contribution in [0.25, 0.3) is 0 Å². The Labute approximate surface area is 106 Å². The summed E-state index contributed by atoms with van der Waals surface area (Å²) in [6.45, 7) is -0.898. The third-order valence-electron chi connectivity index (χ3n) is 1.66. The minimum absolute atomic E-state index is 0.00954. The summed E-state index contributed by atoms with van der Waals surface area (Å²) < 4.78 is 64.7. The molecule has 1 N–H and O–H groups in total. The van der Waals surface area contributed by atoms with Gasteiger partial charge in [-0.2, -0.15) is 0 Å². The van der Waals surface area contributed by atoms with E-state index >= 15 is 0 Å². The van der Waals surface area contributed by atoms with Crippen molar-refractivity contribution >= 4 is 22.6 Å². The zero-order valence-electron chi connectivity index (χ0n) is 7.93. The number of alkyl halides is 5. The molecule has 0 saturated carbocycles. The first-order chi connectivity index (χ1) is 7.74. The minimum atomic E-state index is -5.08. The van der Waals surface area contributed by atoms with Gasteiger partial charge in [-0.15, -0.1) is 13.2 Å². The Morgan fingerprint density at radius 2 is 2.00 bits per heavy atom. The molecule has 96 valence electrons. The van der Waals surface area contributed by atoms with E-state index in [1.54, 1.807) is 0 Å². The molecule has 0 fully saturated rings. The zero-order valence-corrected chi connectivity index (χ0v) is 10.1. The molecule has 0 bridgehead atoms. The molecule has 0 aliphatic carbocycles. The number of rotatable bonds is 3. The van der Waals surface area contributed by atoms with Gasteiger partial charge < -0.3 is 9.84 Å². The van der Waals surface area contributed by atoms with Crippen LogP contribution in [0.5, 0.6) is 5.75 Å². The van der Waals surface area contributed by atoms with Gasteiger partial charge in [-0.3, -0.25) is 0 Å². The maximum absolute atomic E-state index is 12.6. The third-order valence-corrected chi connectivity index (χ3v) is 2.21. The fourth-order valence-corrected chi connectivity index (χ4v) is 1.69. The highest BCUT2D eigenvalue weighted by Gasteiger charge is 2.34. The van der Waals surface area contributed by atoms with Crippen LogP contribution in [0.15, 0.2) is 6.07 Å². The molecule has 0 radical (unpaired) electrons. The SMILES string of the molecule is OCc1nc(I)cc(OC(F)(F)F)c1C(F)F. The van der Waals surface area contributed by atoms with Gasteiger partial charge in [0.25, 0.3) is 6.43 Å². The van der Waals surface area contributed by atoms with Gasteiger partial charge in [0.2, 0.25) is 0 Å². The molecule has 3 nitrogen and oxygen atoms in total. The predicted molar refractivity (Wildman–Crippen MR) is 54.5 cm³/mol. The molecule has 1 aromatic heterocycles. The molecular formula is C8H5F5INO2. The lowest BCUT2D eigenvalue weighted by Crippen LogP contribution is -2.19. The Kier molecular flexibility index (Phi) is 4.47. The lowest BCUT2D eigenvalue weighted by Gasteiger charge is -2.15. The molecule has 1 rings (SSSR count). The lowest BCUT2D eigenvalue weighted by atomic mass is 10.2. The number of aromatic nitrogens is 1. The Bertz CT molecular complexity index is 410. The van der Waals surface area contributed by atoms with Crippen LogP contribution in [0.2, 0.25) is 0 Å². The van der Waals surface area contributed by atoms with Gasteiger partial charge in [0.05, 0.1) is 17.9 Å². The topological polar surface area (TPSA) is 42.4 Å². The number of hydrogen-bond donors (Lipinski definition) is 1. The smallest absolute Gasteiger partial charge is 0.405 e. The van der Waals surface area contributed by atoms with E-state index in [9.17, 15) is 22.0 Å². The van der Waals surface area contributed by atoms with Gasteiger partial charge in [-0.25, -0.2) is 13.8 Å². The van der Waals surface area contributed by atoms with Gasteiger partial charge in [0.15, 0.2) is 0 Å². The second-order valence-corrected chi connectivity index (χ2v) is 3.92. The van der Waals surface area contributed by atoms with Gasteiger partial charge in [-0.05, 0) is 22.6 Å². The number of aliphatic hydroxyl groups excluding tert-OH is 1. The summed E-state index contributed by atoms with van der Waals surface area (Å²) in [5, 5.41) is 8.78. The van der Waals surface area contributed by atoms with Crippen molar-refractivity contribution in [2.75, 3.05) is 0 Å². The van der Waals surface area contributed by atoms with Crippen molar-refractivity contribution in [2.45, 2.75) is 19.4 Å². The van der Waals surface area contributed by atoms with Crippen molar-refractivity contribution in [2.24, 2.45) is 0 Å². The monoisotopic (exact) mass is 369 g/mol. The highest BCUT2D eigenvalue weighted by atomic mass is 127. The summed E-state index contributed by atoms with van der Waals surface area (Å²) in [5.74, 6) is -1.05. The van der Waals surface area contributed by atoms with Crippen molar-refractivity contribution < 1.29 is 31.8 Å². The molecule has 0 amide bonds. The molecule has 17 heavy (non-hydrogen) atoms. The maximum Gasteiger partial charge on any atom is 0.573 e. The highest BCUT2D eigenvalue weighted by molar-refractivity contribution is 14.1. The van der Waals surface area contributed by atoms with Crippen molar-refractivity contribution in [1.29, 1.82) is 0 Å². The van der Waals surface area contributed by atoms with Crippen LogP contribution >= 0.6 is 22.6 Å². The Morgan fingerprint density at radius 3 is 2.41 bits per heavy atom. The van der Waals surface area contributed by atoms with E-state index in [0.29, 0.717) is 0 Å². The fourth-order valence-electron chi connectivity index (χ4n) is 1.11. The number of hydrogen-bond acceptors (Lipinski definition) is 3. The van der Waals surface area contributed by atoms with Crippen LogP contribution in [0.1, 0.15) is 17.7 Å². The summed E-state index contributed by atoms with van der Waals surface area (Å²) in [7, 11) is 0. The minimum Gasteiger partial charge on any atom is -0.405 e. The zero-order chi connectivity index (χ0) is 13.2. The van der Waals surface area contributed by atoms with E-state index in [4.69, 9.17) is 5.11 Å². The molecule has 0 aliphatic rings. The van der Waals surface area contributed by atoms with Crippen LogP contribution in [-0.4, -0.2) is 16.5 Å². The number of halogens is 6. The van der Waals surface area contributed by atoms with E-state index in [-0.39, 0.29) is 3.70 Å². The molecule has 0 unspecified atom stereocenters. The maximum atomic E-state index is 12.6. The largest absolute Gasteiger partial charge is 0.573 e. The standard InChI is InChI=1S/C8H5F5INO2/c9-7(10)6-3(2-16)15-5(14)1-4(6)17-8(11,12)13/h1,7,16H,2H2. The van der Waals surface area contributed by atoms with Crippen molar-refractivity contribution in [3.05, 3.63) is 21.0 Å². The average molecular weight is 369 g/mol. The van der Waals surface area contributed by atoms with Crippen LogP contribution in [0.3, 0.4) is 0 Å². The first-order valence-corrected chi connectivity index (χ1v) is 5.16. The summed E-state index contributed by atoms with van der Waals surface area (Å²) >= 11 is 1.53. The first-order valence-electron chi connectivity index (χ1n) is 4.08. The Hall–Kier alpha value is -0.710. The number of aliphatic hydroxyl groups is 1. The predicted octanol–water partition coefficient (Wildman–Crippen LogP) is 3.01. The molecule has 0 aliphatic heterocycles. The molecule has 0 aromatic carbocycles. The molecule has 0 atom stereocenters. The van der Waals surface area contributed by atoms with E-state index in [1.165, 1.54) is 22.6 Å². The van der Waals surface area contributed by atoms with Crippen molar-refractivity contribution in [3.63, 3.8) is 0 Å². The average Bonchev–Trinajstić information content (AvgIpc) is 2.12. The molecule has 1 aromatic rings. The fraction of sp³-hybridized carbons (Fsp3) is 0.375. The lowest BCUT2D eigenvalue weighted by molar-refractivity contribution is -0.275. The van der Waals surface area contributed by atoms with Gasteiger partial charge in [-0.1, -0.05) is 0 Å². The highest BCUT2D eigenvalue weighted by Crippen LogP contribution is 2.35. The van der Waals surface area contributed by atoms with Crippen LogP contribution in [0, 0.1) is 3.70 Å². The summed E-state index contributed by atoms with van der Waals surface area (Å²) in [6.07, 6.45) is -8.31. The normalized spacial score (nSPS) is 12.0. The summed E-state index contributed by atoms with van der Waals surface area (Å²) in [5.41, 5.74) is -1.59. The molecule has 0 spiro atoms. The second kappa shape index (κ2) is 5.29. The van der Waals surface area contributed by atoms with Crippen LogP contribution in [-0.2, 0) is 6.61 Å². The van der Waals surface area contributed by atoms with E-state index in [0.717, 1.165) is 6.07 Å². The number of pyridine rings is 1. The van der Waals surface area contributed by atoms with Crippen LogP contribution in [0.4, 0.5) is 22.0 Å². The van der Waals surface area contributed by atoms with E-state index in [1.807, 2.05) is 0 Å². The number of nitrogens with zero attached hydrogens (tertiary/aromatic N) is 1. The van der Waals surface area contributed by atoms with Crippen molar-refractivity contribution in [3.8, 4) is 5.75 Å². The number of ether oxygens (including phenoxy) is 1. The molecular weight excluding hydrogens is 364 g/mol. The quantitative estimate of drug-likeness (QED) is 0.506. The van der Waals surface area contributed by atoms with Crippen LogP contribution < -0.4 is 4.74 Å².